The smallest absolute Gasteiger partial charge is 0.276 e. The molecule has 1 aromatic heterocycles. The van der Waals surface area contributed by atoms with Crippen molar-refractivity contribution in [1.82, 2.24) is 24.8 Å². The van der Waals surface area contributed by atoms with Gasteiger partial charge < -0.3 is 19.6 Å². The summed E-state index contributed by atoms with van der Waals surface area (Å²) >= 11 is 0. The molecule has 1 amide bonds. The Morgan fingerprint density at radius 1 is 1.19 bits per heavy atom. The summed E-state index contributed by atoms with van der Waals surface area (Å²) in [6, 6.07) is 9.53. The second kappa shape index (κ2) is 7.75. The summed E-state index contributed by atoms with van der Waals surface area (Å²) in [5.74, 6) is -0.234. The van der Waals surface area contributed by atoms with Gasteiger partial charge in [-0.15, -0.1) is 5.10 Å². The fourth-order valence-corrected chi connectivity index (χ4v) is 3.77. The molecule has 0 radical (unpaired) electrons. The van der Waals surface area contributed by atoms with Crippen LogP contribution in [0.5, 0.6) is 0 Å². The van der Waals surface area contributed by atoms with Crippen molar-refractivity contribution in [3.05, 3.63) is 42.2 Å². The van der Waals surface area contributed by atoms with Crippen LogP contribution in [0.3, 0.4) is 0 Å². The average Bonchev–Trinajstić information content (AvgIpc) is 3.33. The van der Waals surface area contributed by atoms with Crippen LogP contribution in [0.2, 0.25) is 0 Å². The number of hydrogen-bond acceptors (Lipinski definition) is 6. The number of ether oxygens (including phenoxy) is 1. The third-order valence-electron chi connectivity index (χ3n) is 5.10. The molecule has 0 spiro atoms. The minimum Gasteiger partial charge on any atom is -0.384 e. The van der Waals surface area contributed by atoms with Gasteiger partial charge in [-0.1, -0.05) is 23.4 Å². The Balaban J connectivity index is 1.48. The first kappa shape index (κ1) is 18.1. The van der Waals surface area contributed by atoms with Gasteiger partial charge >= 0.3 is 0 Å². The summed E-state index contributed by atoms with van der Waals surface area (Å²) in [5, 5.41) is 19.2. The maximum Gasteiger partial charge on any atom is 0.276 e. The van der Waals surface area contributed by atoms with Crippen molar-refractivity contribution in [2.75, 3.05) is 45.9 Å². The molecule has 8 heteroatoms. The predicted molar refractivity (Wildman–Crippen MR) is 98.7 cm³/mol. The van der Waals surface area contributed by atoms with Gasteiger partial charge in [0.1, 0.15) is 5.60 Å². The van der Waals surface area contributed by atoms with Crippen LogP contribution < -0.4 is 0 Å². The molecule has 2 aliphatic rings. The lowest BCUT2D eigenvalue weighted by Gasteiger charge is -2.33. The van der Waals surface area contributed by atoms with Gasteiger partial charge in [0.25, 0.3) is 5.91 Å². The van der Waals surface area contributed by atoms with Crippen LogP contribution in [0.4, 0.5) is 0 Å². The van der Waals surface area contributed by atoms with Gasteiger partial charge in [-0.25, -0.2) is 4.68 Å². The minimum absolute atomic E-state index is 0.234. The van der Waals surface area contributed by atoms with Crippen LogP contribution in [-0.4, -0.2) is 87.3 Å². The second-order valence-corrected chi connectivity index (χ2v) is 7.37. The molecule has 8 nitrogen and oxygen atoms in total. The SMILES string of the molecule is O=C(c1cn(-c2ccccc2)nn1)N1CCOC[C@](O)(CN2CCCC2)C1. The molecule has 27 heavy (non-hydrogen) atoms. The normalized spacial score (nSPS) is 24.1. The van der Waals surface area contributed by atoms with Gasteiger partial charge in [0.15, 0.2) is 5.69 Å². The van der Waals surface area contributed by atoms with E-state index in [9.17, 15) is 9.90 Å². The van der Waals surface area contributed by atoms with Crippen LogP contribution in [-0.2, 0) is 4.74 Å². The van der Waals surface area contributed by atoms with Crippen molar-refractivity contribution >= 4 is 5.91 Å². The fourth-order valence-electron chi connectivity index (χ4n) is 3.77. The summed E-state index contributed by atoms with van der Waals surface area (Å²) < 4.78 is 7.18. The minimum atomic E-state index is -1.06. The van der Waals surface area contributed by atoms with Gasteiger partial charge in [-0.05, 0) is 38.1 Å². The Morgan fingerprint density at radius 2 is 1.96 bits per heavy atom. The molecule has 0 bridgehead atoms. The Hall–Kier alpha value is -2.29. The number of aliphatic hydroxyl groups is 1. The van der Waals surface area contributed by atoms with Crippen LogP contribution in [0.15, 0.2) is 36.5 Å². The van der Waals surface area contributed by atoms with Crippen LogP contribution in [0.1, 0.15) is 23.3 Å². The Labute approximate surface area is 158 Å². The van der Waals surface area contributed by atoms with Crippen molar-refractivity contribution < 1.29 is 14.6 Å². The van der Waals surface area contributed by atoms with E-state index in [0.29, 0.717) is 19.7 Å². The van der Waals surface area contributed by atoms with Gasteiger partial charge in [0.2, 0.25) is 0 Å². The van der Waals surface area contributed by atoms with Crippen LogP contribution in [0, 0.1) is 0 Å². The lowest BCUT2D eigenvalue weighted by Crippen LogP contribution is -2.53. The first-order valence-electron chi connectivity index (χ1n) is 9.43. The largest absolute Gasteiger partial charge is 0.384 e. The Bertz CT molecular complexity index is 775. The number of aromatic nitrogens is 3. The topological polar surface area (TPSA) is 83.7 Å². The second-order valence-electron chi connectivity index (χ2n) is 7.37. The highest BCUT2D eigenvalue weighted by Gasteiger charge is 2.37. The third-order valence-corrected chi connectivity index (χ3v) is 5.10. The molecule has 1 atom stereocenters. The van der Waals surface area contributed by atoms with Gasteiger partial charge in [0.05, 0.1) is 31.6 Å². The van der Waals surface area contributed by atoms with E-state index in [1.54, 1.807) is 15.8 Å². The maximum absolute atomic E-state index is 13.0. The van der Waals surface area contributed by atoms with E-state index < -0.39 is 5.60 Å². The summed E-state index contributed by atoms with van der Waals surface area (Å²) in [6.07, 6.45) is 3.94. The molecule has 2 aliphatic heterocycles. The lowest BCUT2D eigenvalue weighted by atomic mass is 10.0. The molecule has 3 heterocycles. The zero-order valence-corrected chi connectivity index (χ0v) is 15.3. The number of benzene rings is 1. The Morgan fingerprint density at radius 3 is 2.74 bits per heavy atom. The highest BCUT2D eigenvalue weighted by atomic mass is 16.5. The van der Waals surface area contributed by atoms with Crippen LogP contribution in [0.25, 0.3) is 5.69 Å². The third kappa shape index (κ3) is 4.18. The quantitative estimate of drug-likeness (QED) is 0.846. The number of carbonyl (C=O) groups is 1. The molecule has 2 saturated heterocycles. The number of rotatable bonds is 4. The number of carbonyl (C=O) groups excluding carboxylic acids is 1. The van der Waals surface area contributed by atoms with Gasteiger partial charge in [0, 0.05) is 13.1 Å². The number of para-hydroxylation sites is 1. The zero-order chi connectivity index (χ0) is 18.7. The summed E-state index contributed by atoms with van der Waals surface area (Å²) in [7, 11) is 0. The molecule has 0 saturated carbocycles. The van der Waals surface area contributed by atoms with Crippen molar-refractivity contribution in [3.8, 4) is 5.69 Å². The molecule has 0 aliphatic carbocycles. The summed E-state index contributed by atoms with van der Waals surface area (Å²) in [6.45, 7) is 3.81. The highest BCUT2D eigenvalue weighted by Crippen LogP contribution is 2.19. The molecule has 1 N–H and O–H groups in total. The monoisotopic (exact) mass is 371 g/mol. The number of nitrogens with zero attached hydrogens (tertiary/aromatic N) is 5. The van der Waals surface area contributed by atoms with E-state index in [1.807, 2.05) is 30.3 Å². The standard InChI is InChI=1S/C19H25N5O3/c25-18(17-12-24(21-20-17)16-6-2-1-3-7-16)23-10-11-27-15-19(26,14-23)13-22-8-4-5-9-22/h1-3,6-7,12,26H,4-5,8-11,13-15H2/t19-/m0/s1. The predicted octanol–water partition coefficient (Wildman–Crippen LogP) is 0.567. The van der Waals surface area contributed by atoms with Crippen molar-refractivity contribution in [2.45, 2.75) is 18.4 Å². The average molecular weight is 371 g/mol. The first-order valence-corrected chi connectivity index (χ1v) is 9.43. The molecule has 4 rings (SSSR count). The number of amides is 1. The molecular formula is C19H25N5O3. The molecule has 1 aromatic carbocycles. The maximum atomic E-state index is 13.0. The lowest BCUT2D eigenvalue weighted by molar-refractivity contribution is -0.0524. The summed E-state index contributed by atoms with van der Waals surface area (Å²) in [4.78, 5) is 16.8. The van der Waals surface area contributed by atoms with Crippen molar-refractivity contribution in [2.24, 2.45) is 0 Å². The molecule has 2 aromatic rings. The van der Waals surface area contributed by atoms with Crippen molar-refractivity contribution in [1.29, 1.82) is 0 Å². The molecule has 2 fully saturated rings. The summed E-state index contributed by atoms with van der Waals surface area (Å²) in [5.41, 5.74) is 0.0458. The number of likely N-dealkylation sites (tertiary alicyclic amines) is 1. The number of β-amino-alcohol motifs (C(OH)–C–C–N with tert-alkyl or cyclic N) is 1. The van der Waals surface area contributed by atoms with E-state index in [4.69, 9.17) is 4.74 Å². The Kier molecular flexibility index (Phi) is 5.20. The first-order chi connectivity index (χ1) is 13.1. The zero-order valence-electron chi connectivity index (χ0n) is 15.3. The van der Waals surface area contributed by atoms with Gasteiger partial charge in [-0.3, -0.25) is 4.79 Å². The van der Waals surface area contributed by atoms with Crippen molar-refractivity contribution in [3.63, 3.8) is 0 Å². The van der Waals surface area contributed by atoms with E-state index in [1.165, 1.54) is 0 Å². The fraction of sp³-hybridized carbons (Fsp3) is 0.526. The molecule has 144 valence electrons. The molecule has 0 unspecified atom stereocenters. The van der Waals surface area contributed by atoms with E-state index >= 15 is 0 Å². The van der Waals surface area contributed by atoms with E-state index in [2.05, 4.69) is 15.2 Å². The van der Waals surface area contributed by atoms with Crippen LogP contribution >= 0.6 is 0 Å². The molecular weight excluding hydrogens is 346 g/mol. The van der Waals surface area contributed by atoms with E-state index in [0.717, 1.165) is 31.6 Å². The number of hydrogen-bond donors (Lipinski definition) is 1. The van der Waals surface area contributed by atoms with Gasteiger partial charge in [-0.2, -0.15) is 0 Å². The highest BCUT2D eigenvalue weighted by molar-refractivity contribution is 5.92. The van der Waals surface area contributed by atoms with E-state index in [-0.39, 0.29) is 24.8 Å².